The molecule has 0 bridgehead atoms. The number of piperidine rings is 2. The van der Waals surface area contributed by atoms with Gasteiger partial charge < -0.3 is 9.80 Å². The van der Waals surface area contributed by atoms with Crippen molar-refractivity contribution < 1.29 is 0 Å². The molecular formula is C24H48N2. The minimum absolute atomic E-state index is 0.466. The van der Waals surface area contributed by atoms with Gasteiger partial charge in [0.2, 0.25) is 0 Å². The van der Waals surface area contributed by atoms with Crippen molar-refractivity contribution in [1.82, 2.24) is 9.80 Å². The molecule has 2 aliphatic rings. The van der Waals surface area contributed by atoms with E-state index < -0.39 is 0 Å². The Balaban J connectivity index is 1.74. The summed E-state index contributed by atoms with van der Waals surface area (Å²) in [6, 6.07) is 0.810. The van der Waals surface area contributed by atoms with Crippen molar-refractivity contribution in [1.29, 1.82) is 0 Å². The first-order valence-corrected chi connectivity index (χ1v) is 11.5. The summed E-state index contributed by atoms with van der Waals surface area (Å²) in [5.74, 6) is 1.78. The lowest BCUT2D eigenvalue weighted by Crippen LogP contribution is -2.42. The average molecular weight is 365 g/mol. The molecule has 0 aromatic carbocycles. The second-order valence-electron chi connectivity index (χ2n) is 11.6. The Morgan fingerprint density at radius 2 is 1.58 bits per heavy atom. The largest absolute Gasteiger partial charge is 0.303 e. The Bertz CT molecular complexity index is 409. The third kappa shape index (κ3) is 7.50. The number of rotatable bonds is 7. The van der Waals surface area contributed by atoms with Crippen LogP contribution >= 0.6 is 0 Å². The van der Waals surface area contributed by atoms with Gasteiger partial charge in [-0.05, 0) is 94.3 Å². The first kappa shape index (κ1) is 22.2. The minimum atomic E-state index is 0.466. The van der Waals surface area contributed by atoms with Gasteiger partial charge in [-0.3, -0.25) is 0 Å². The lowest BCUT2D eigenvalue weighted by Gasteiger charge is -2.42. The summed E-state index contributed by atoms with van der Waals surface area (Å²) >= 11 is 0. The molecule has 154 valence electrons. The van der Waals surface area contributed by atoms with Gasteiger partial charge in [-0.25, -0.2) is 0 Å². The van der Waals surface area contributed by atoms with E-state index in [0.29, 0.717) is 10.8 Å². The number of likely N-dealkylation sites (tertiary alicyclic amines) is 2. The molecule has 2 aliphatic heterocycles. The van der Waals surface area contributed by atoms with Crippen LogP contribution < -0.4 is 0 Å². The predicted octanol–water partition coefficient (Wildman–Crippen LogP) is 6.06. The van der Waals surface area contributed by atoms with Gasteiger partial charge in [0, 0.05) is 12.6 Å². The fraction of sp³-hybridized carbons (Fsp3) is 1.00. The van der Waals surface area contributed by atoms with Crippen LogP contribution in [0.5, 0.6) is 0 Å². The zero-order valence-electron chi connectivity index (χ0n) is 19.1. The Morgan fingerprint density at radius 3 is 2.19 bits per heavy atom. The van der Waals surface area contributed by atoms with Crippen LogP contribution in [0.2, 0.25) is 0 Å². The molecule has 0 aromatic heterocycles. The maximum atomic E-state index is 2.75. The molecule has 3 unspecified atom stereocenters. The van der Waals surface area contributed by atoms with Crippen LogP contribution in [0.1, 0.15) is 93.4 Å². The van der Waals surface area contributed by atoms with Crippen molar-refractivity contribution in [2.45, 2.75) is 99.5 Å². The molecule has 0 spiro atoms. The molecule has 2 heterocycles. The molecule has 0 amide bonds. The van der Waals surface area contributed by atoms with Gasteiger partial charge in [0.05, 0.1) is 0 Å². The summed E-state index contributed by atoms with van der Waals surface area (Å²) < 4.78 is 0. The fourth-order valence-electron chi connectivity index (χ4n) is 5.03. The predicted molar refractivity (Wildman–Crippen MR) is 116 cm³/mol. The molecule has 2 fully saturated rings. The van der Waals surface area contributed by atoms with Crippen molar-refractivity contribution in [3.8, 4) is 0 Å². The topological polar surface area (TPSA) is 6.48 Å². The van der Waals surface area contributed by atoms with E-state index in [-0.39, 0.29) is 0 Å². The minimum Gasteiger partial charge on any atom is -0.303 e. The van der Waals surface area contributed by atoms with E-state index in [1.807, 2.05) is 0 Å². The Labute approximate surface area is 165 Å². The molecular weight excluding hydrogens is 316 g/mol. The monoisotopic (exact) mass is 364 g/mol. The van der Waals surface area contributed by atoms with Crippen LogP contribution in [0, 0.1) is 22.7 Å². The number of nitrogens with zero attached hydrogens (tertiary/aromatic N) is 2. The summed E-state index contributed by atoms with van der Waals surface area (Å²) in [5.41, 5.74) is 0.956. The van der Waals surface area contributed by atoms with E-state index in [9.17, 15) is 0 Å². The first-order chi connectivity index (χ1) is 12.1. The quantitative estimate of drug-likeness (QED) is 0.541. The fourth-order valence-corrected chi connectivity index (χ4v) is 5.03. The van der Waals surface area contributed by atoms with Crippen LogP contribution in [-0.4, -0.2) is 48.6 Å². The SMILES string of the molecule is CC1CN(CCC(C)(C)C)CCC1CC(C)(C)CCN1CCCCC1C. The van der Waals surface area contributed by atoms with Crippen LogP contribution in [0.4, 0.5) is 0 Å². The Hall–Kier alpha value is -0.0800. The highest BCUT2D eigenvalue weighted by Gasteiger charge is 2.32. The van der Waals surface area contributed by atoms with Crippen molar-refractivity contribution >= 4 is 0 Å². The normalized spacial score (nSPS) is 29.9. The average Bonchev–Trinajstić information content (AvgIpc) is 2.54. The zero-order valence-corrected chi connectivity index (χ0v) is 19.1. The van der Waals surface area contributed by atoms with E-state index in [1.54, 1.807) is 0 Å². The van der Waals surface area contributed by atoms with Gasteiger partial charge in [0.1, 0.15) is 0 Å². The molecule has 0 radical (unpaired) electrons. The molecule has 2 nitrogen and oxygen atoms in total. The molecule has 0 aromatic rings. The highest BCUT2D eigenvalue weighted by atomic mass is 15.2. The second kappa shape index (κ2) is 9.41. The molecule has 0 N–H and O–H groups in total. The van der Waals surface area contributed by atoms with Gasteiger partial charge in [-0.15, -0.1) is 0 Å². The van der Waals surface area contributed by atoms with Crippen LogP contribution in [-0.2, 0) is 0 Å². The highest BCUT2D eigenvalue weighted by Crippen LogP contribution is 2.37. The van der Waals surface area contributed by atoms with Gasteiger partial charge >= 0.3 is 0 Å². The van der Waals surface area contributed by atoms with E-state index in [4.69, 9.17) is 0 Å². The standard InChI is InChI=1S/C24H48N2/c1-20-19-25(16-12-23(3,4)5)15-11-22(20)18-24(6,7)13-17-26-14-9-8-10-21(26)2/h20-22H,8-19H2,1-7H3. The van der Waals surface area contributed by atoms with Crippen LogP contribution in [0.15, 0.2) is 0 Å². The summed E-state index contributed by atoms with van der Waals surface area (Å²) in [6.07, 6.45) is 9.78. The summed E-state index contributed by atoms with van der Waals surface area (Å²) in [5, 5.41) is 0. The maximum absolute atomic E-state index is 2.75. The number of hydrogen-bond acceptors (Lipinski definition) is 2. The maximum Gasteiger partial charge on any atom is 0.00669 e. The molecule has 26 heavy (non-hydrogen) atoms. The summed E-state index contributed by atoms with van der Waals surface area (Å²) in [6.45, 7) is 23.7. The molecule has 2 rings (SSSR count). The van der Waals surface area contributed by atoms with Crippen molar-refractivity contribution in [3.63, 3.8) is 0 Å². The first-order valence-electron chi connectivity index (χ1n) is 11.5. The smallest absolute Gasteiger partial charge is 0.00669 e. The van der Waals surface area contributed by atoms with Gasteiger partial charge in [-0.1, -0.05) is 48.0 Å². The second-order valence-corrected chi connectivity index (χ2v) is 11.6. The van der Waals surface area contributed by atoms with Gasteiger partial charge in [0.25, 0.3) is 0 Å². The van der Waals surface area contributed by atoms with Crippen molar-refractivity contribution in [2.24, 2.45) is 22.7 Å². The van der Waals surface area contributed by atoms with Gasteiger partial charge in [-0.2, -0.15) is 0 Å². The Kier molecular flexibility index (Phi) is 8.04. The van der Waals surface area contributed by atoms with Crippen LogP contribution in [0.25, 0.3) is 0 Å². The Morgan fingerprint density at radius 1 is 0.846 bits per heavy atom. The lowest BCUT2D eigenvalue weighted by atomic mass is 9.73. The van der Waals surface area contributed by atoms with Crippen LogP contribution in [0.3, 0.4) is 0 Å². The third-order valence-corrected chi connectivity index (χ3v) is 7.18. The van der Waals surface area contributed by atoms with Gasteiger partial charge in [0.15, 0.2) is 0 Å². The number of hydrogen-bond donors (Lipinski definition) is 0. The van der Waals surface area contributed by atoms with E-state index >= 15 is 0 Å². The summed E-state index contributed by atoms with van der Waals surface area (Å²) in [4.78, 5) is 5.48. The molecule has 0 aliphatic carbocycles. The van der Waals surface area contributed by atoms with E-state index in [0.717, 1.165) is 17.9 Å². The van der Waals surface area contributed by atoms with E-state index in [2.05, 4.69) is 58.3 Å². The molecule has 2 saturated heterocycles. The molecule has 2 heteroatoms. The molecule has 0 saturated carbocycles. The lowest BCUT2D eigenvalue weighted by molar-refractivity contribution is 0.0760. The zero-order chi connectivity index (χ0) is 19.4. The third-order valence-electron chi connectivity index (χ3n) is 7.18. The van der Waals surface area contributed by atoms with Crippen molar-refractivity contribution in [3.05, 3.63) is 0 Å². The highest BCUT2D eigenvalue weighted by molar-refractivity contribution is 4.84. The summed E-state index contributed by atoms with van der Waals surface area (Å²) in [7, 11) is 0. The van der Waals surface area contributed by atoms with Crippen molar-refractivity contribution in [2.75, 3.05) is 32.7 Å². The van der Waals surface area contributed by atoms with E-state index in [1.165, 1.54) is 77.7 Å². The molecule has 3 atom stereocenters.